The average molecular weight is 437 g/mol. The normalized spacial score (nSPS) is 14.8. The Hall–Kier alpha value is -3.99. The molecule has 0 saturated heterocycles. The van der Waals surface area contributed by atoms with Gasteiger partial charge in [-0.2, -0.15) is 0 Å². The maximum atomic E-state index is 13.7. The molecule has 1 aromatic heterocycles. The summed E-state index contributed by atoms with van der Waals surface area (Å²) in [6, 6.07) is 28.5. The quantitative estimate of drug-likeness (QED) is 0.429. The van der Waals surface area contributed by atoms with Gasteiger partial charge in [0.15, 0.2) is 0 Å². The number of aromatic nitrogens is 1. The van der Waals surface area contributed by atoms with Crippen LogP contribution < -0.4 is 10.2 Å². The zero-order valence-electron chi connectivity index (χ0n) is 19.2. The van der Waals surface area contributed by atoms with Gasteiger partial charge in [-0.3, -0.25) is 0 Å². The minimum atomic E-state index is -0.228. The van der Waals surface area contributed by atoms with Gasteiger partial charge in [0.1, 0.15) is 0 Å². The Morgan fingerprint density at radius 3 is 2.48 bits per heavy atom. The van der Waals surface area contributed by atoms with Gasteiger partial charge in [0.25, 0.3) is 0 Å². The lowest BCUT2D eigenvalue weighted by Crippen LogP contribution is -2.37. The van der Waals surface area contributed by atoms with E-state index in [1.54, 1.807) is 0 Å². The fourth-order valence-electron chi connectivity index (χ4n) is 4.56. The van der Waals surface area contributed by atoms with Crippen molar-refractivity contribution >= 4 is 17.4 Å². The Morgan fingerprint density at radius 1 is 0.939 bits per heavy atom. The van der Waals surface area contributed by atoms with Gasteiger partial charge in [-0.25, -0.2) is 4.79 Å². The third-order valence-corrected chi connectivity index (χ3v) is 6.22. The average Bonchev–Trinajstić information content (AvgIpc) is 3.23. The molecule has 3 aromatic carbocycles. The van der Waals surface area contributed by atoms with E-state index in [9.17, 15) is 4.79 Å². The van der Waals surface area contributed by atoms with Crippen molar-refractivity contribution in [1.29, 1.82) is 0 Å². The molecule has 2 heterocycles. The Kier molecular flexibility index (Phi) is 5.38. The zero-order chi connectivity index (χ0) is 22.9. The third-order valence-electron chi connectivity index (χ3n) is 6.22. The highest BCUT2D eigenvalue weighted by atomic mass is 16.2. The zero-order valence-corrected chi connectivity index (χ0v) is 19.2. The molecule has 0 spiro atoms. The number of hydrogen-bond acceptors (Lipinski definition) is 2. The maximum absolute atomic E-state index is 13.7. The molecule has 0 bridgehead atoms. The van der Waals surface area contributed by atoms with E-state index in [0.717, 1.165) is 39.4 Å². The number of nitrogens with one attached hydrogen (secondary N) is 1. The number of fused-ring (bicyclic) bond motifs is 3. The summed E-state index contributed by atoms with van der Waals surface area (Å²) in [6.45, 7) is 2.54. The molecular formula is C28H28N4O. The van der Waals surface area contributed by atoms with E-state index in [1.165, 1.54) is 0 Å². The topological polar surface area (TPSA) is 40.5 Å². The fraction of sp³-hybridized carbons (Fsp3) is 0.179. The maximum Gasteiger partial charge on any atom is 0.322 e. The number of benzene rings is 3. The Labute approximate surface area is 194 Å². The number of rotatable bonds is 3. The van der Waals surface area contributed by atoms with Crippen LogP contribution in [0, 0.1) is 6.92 Å². The van der Waals surface area contributed by atoms with Crippen LogP contribution in [0.1, 0.15) is 28.4 Å². The summed E-state index contributed by atoms with van der Waals surface area (Å²) >= 11 is 0. The highest BCUT2D eigenvalue weighted by Crippen LogP contribution is 2.37. The lowest BCUT2D eigenvalue weighted by Gasteiger charge is -2.31. The summed E-state index contributed by atoms with van der Waals surface area (Å²) in [5.74, 6) is 0. The van der Waals surface area contributed by atoms with Crippen LogP contribution in [0.25, 0.3) is 5.69 Å². The molecule has 1 atom stereocenters. The molecule has 1 aliphatic heterocycles. The van der Waals surface area contributed by atoms with Gasteiger partial charge >= 0.3 is 6.03 Å². The molecule has 1 unspecified atom stereocenters. The standard InChI is InChI=1S/C28H28N4O/c1-20-8-6-10-23(18-20)29-28(33)32-19-22-9-4-5-11-25(22)31-17-7-12-26(31)27(32)21-13-15-24(16-14-21)30(2)3/h4-18,27H,19H2,1-3H3,(H,29,33). The van der Waals surface area contributed by atoms with E-state index in [-0.39, 0.29) is 12.1 Å². The van der Waals surface area contributed by atoms with Crippen LogP contribution in [0.4, 0.5) is 16.2 Å². The van der Waals surface area contributed by atoms with E-state index < -0.39 is 0 Å². The first kappa shape index (κ1) is 20.9. The van der Waals surface area contributed by atoms with Gasteiger partial charge in [0.05, 0.1) is 18.3 Å². The van der Waals surface area contributed by atoms with Crippen LogP contribution in [0.5, 0.6) is 0 Å². The molecule has 2 amide bonds. The number of carbonyl (C=O) groups excluding carboxylic acids is 1. The van der Waals surface area contributed by atoms with Crippen LogP contribution in [0.15, 0.2) is 91.1 Å². The minimum Gasteiger partial charge on any atom is -0.378 e. The van der Waals surface area contributed by atoms with Crippen molar-refractivity contribution in [2.45, 2.75) is 19.5 Å². The Morgan fingerprint density at radius 2 is 1.73 bits per heavy atom. The second-order valence-corrected chi connectivity index (χ2v) is 8.75. The minimum absolute atomic E-state index is 0.119. The molecule has 5 rings (SSSR count). The first-order valence-electron chi connectivity index (χ1n) is 11.2. The van der Waals surface area contributed by atoms with Crippen molar-refractivity contribution in [2.75, 3.05) is 24.3 Å². The highest BCUT2D eigenvalue weighted by molar-refractivity contribution is 5.90. The van der Waals surface area contributed by atoms with Crippen LogP contribution in [-0.2, 0) is 6.54 Å². The summed E-state index contributed by atoms with van der Waals surface area (Å²) < 4.78 is 2.21. The molecule has 166 valence electrons. The van der Waals surface area contributed by atoms with Crippen LogP contribution in [0.3, 0.4) is 0 Å². The molecule has 1 N–H and O–H groups in total. The third kappa shape index (κ3) is 3.98. The predicted octanol–water partition coefficient (Wildman–Crippen LogP) is 5.99. The highest BCUT2D eigenvalue weighted by Gasteiger charge is 2.33. The summed E-state index contributed by atoms with van der Waals surface area (Å²) in [5, 5.41) is 3.13. The van der Waals surface area contributed by atoms with Crippen LogP contribution >= 0.6 is 0 Å². The Bertz CT molecular complexity index is 1290. The van der Waals surface area contributed by atoms with Crippen molar-refractivity contribution in [3.63, 3.8) is 0 Å². The number of hydrogen-bond donors (Lipinski definition) is 1. The fourth-order valence-corrected chi connectivity index (χ4v) is 4.56. The molecule has 5 nitrogen and oxygen atoms in total. The van der Waals surface area contributed by atoms with Gasteiger partial charge < -0.3 is 19.7 Å². The van der Waals surface area contributed by atoms with E-state index in [4.69, 9.17) is 0 Å². The van der Waals surface area contributed by atoms with Crippen molar-refractivity contribution in [2.24, 2.45) is 0 Å². The van der Waals surface area contributed by atoms with E-state index in [2.05, 4.69) is 69.5 Å². The van der Waals surface area contributed by atoms with Gasteiger partial charge in [-0.15, -0.1) is 0 Å². The second-order valence-electron chi connectivity index (χ2n) is 8.75. The second kappa shape index (κ2) is 8.51. The molecule has 0 radical (unpaired) electrons. The number of aryl methyl sites for hydroxylation is 1. The van der Waals surface area contributed by atoms with E-state index in [0.29, 0.717) is 6.54 Å². The van der Waals surface area contributed by atoms with Gasteiger partial charge in [-0.1, -0.05) is 42.5 Å². The molecular weight excluding hydrogens is 408 g/mol. The SMILES string of the molecule is Cc1cccc(NC(=O)N2Cc3ccccc3-n3cccc3C2c2ccc(N(C)C)cc2)c1. The van der Waals surface area contributed by atoms with Gasteiger partial charge in [0, 0.05) is 37.4 Å². The number of urea groups is 1. The largest absolute Gasteiger partial charge is 0.378 e. The van der Waals surface area contributed by atoms with Crippen molar-refractivity contribution in [1.82, 2.24) is 9.47 Å². The van der Waals surface area contributed by atoms with Crippen LogP contribution in [0.2, 0.25) is 0 Å². The van der Waals surface area contributed by atoms with Crippen molar-refractivity contribution in [3.8, 4) is 5.69 Å². The van der Waals surface area contributed by atoms with E-state index in [1.807, 2.05) is 62.3 Å². The van der Waals surface area contributed by atoms with Gasteiger partial charge in [-0.05, 0) is 66.1 Å². The molecule has 33 heavy (non-hydrogen) atoms. The summed E-state index contributed by atoms with van der Waals surface area (Å²) in [7, 11) is 4.06. The molecule has 4 aromatic rings. The molecule has 0 fully saturated rings. The molecule has 5 heteroatoms. The smallest absolute Gasteiger partial charge is 0.322 e. The molecule has 0 saturated carbocycles. The van der Waals surface area contributed by atoms with Gasteiger partial charge in [0.2, 0.25) is 0 Å². The van der Waals surface area contributed by atoms with E-state index >= 15 is 0 Å². The Balaban J connectivity index is 1.61. The lowest BCUT2D eigenvalue weighted by molar-refractivity contribution is 0.194. The number of anilines is 2. The predicted molar refractivity (Wildman–Crippen MR) is 134 cm³/mol. The monoisotopic (exact) mass is 436 g/mol. The number of nitrogens with zero attached hydrogens (tertiary/aromatic N) is 3. The summed E-state index contributed by atoms with van der Waals surface area (Å²) in [6.07, 6.45) is 2.08. The first-order valence-corrected chi connectivity index (χ1v) is 11.2. The first-order chi connectivity index (χ1) is 16.0. The summed E-state index contributed by atoms with van der Waals surface area (Å²) in [4.78, 5) is 17.7. The lowest BCUT2D eigenvalue weighted by atomic mass is 10.0. The van der Waals surface area contributed by atoms with Crippen molar-refractivity contribution in [3.05, 3.63) is 114 Å². The number of para-hydroxylation sites is 1. The van der Waals surface area contributed by atoms with Crippen LogP contribution in [-0.4, -0.2) is 29.6 Å². The molecule has 1 aliphatic rings. The number of carbonyl (C=O) groups is 1. The molecule has 0 aliphatic carbocycles. The van der Waals surface area contributed by atoms with Crippen molar-refractivity contribution < 1.29 is 4.79 Å². The number of amides is 2. The summed E-state index contributed by atoms with van der Waals surface area (Å²) in [5.41, 5.74) is 7.40.